The number of aryl methyl sites for hydroxylation is 1. The van der Waals surface area contributed by atoms with Gasteiger partial charge in [0.15, 0.2) is 5.82 Å². The van der Waals surface area contributed by atoms with Gasteiger partial charge in [-0.3, -0.25) is 4.79 Å². The summed E-state index contributed by atoms with van der Waals surface area (Å²) < 4.78 is 1.56. The quantitative estimate of drug-likeness (QED) is 0.700. The van der Waals surface area contributed by atoms with Crippen molar-refractivity contribution in [2.45, 2.75) is 6.92 Å². The molecule has 1 aromatic heterocycles. The fraction of sp³-hybridized carbons (Fsp3) is 0.167. The van der Waals surface area contributed by atoms with Gasteiger partial charge in [0, 0.05) is 22.2 Å². The van der Waals surface area contributed by atoms with Crippen molar-refractivity contribution >= 4 is 29.1 Å². The van der Waals surface area contributed by atoms with Crippen molar-refractivity contribution in [3.05, 3.63) is 63.9 Å². The van der Waals surface area contributed by atoms with E-state index in [1.807, 2.05) is 19.1 Å². The van der Waals surface area contributed by atoms with Crippen LogP contribution in [-0.4, -0.2) is 38.9 Å². The number of benzene rings is 2. The van der Waals surface area contributed by atoms with Crippen molar-refractivity contribution in [3.8, 4) is 17.1 Å². The summed E-state index contributed by atoms with van der Waals surface area (Å²) in [7, 11) is 0. The molecule has 0 saturated heterocycles. The van der Waals surface area contributed by atoms with Gasteiger partial charge in [-0.25, -0.2) is 9.67 Å². The van der Waals surface area contributed by atoms with Crippen molar-refractivity contribution in [2.75, 3.05) is 13.2 Å². The number of aromatic nitrogens is 3. The van der Waals surface area contributed by atoms with Crippen molar-refractivity contribution in [3.63, 3.8) is 0 Å². The minimum absolute atomic E-state index is 0.0000902. The topological polar surface area (TPSA) is 80.0 Å². The number of carbonyl (C=O) groups is 1. The lowest BCUT2D eigenvalue weighted by molar-refractivity contribution is 0.0934. The number of aliphatic hydroxyl groups excluding tert-OH is 1. The van der Waals surface area contributed by atoms with Crippen LogP contribution in [0.2, 0.25) is 10.0 Å². The van der Waals surface area contributed by atoms with Gasteiger partial charge < -0.3 is 10.4 Å². The number of nitrogens with zero attached hydrogens (tertiary/aromatic N) is 3. The molecule has 0 fully saturated rings. The molecule has 0 bridgehead atoms. The molecule has 3 rings (SSSR count). The molecule has 8 heteroatoms. The molecule has 26 heavy (non-hydrogen) atoms. The second kappa shape index (κ2) is 7.86. The highest BCUT2D eigenvalue weighted by Crippen LogP contribution is 2.25. The van der Waals surface area contributed by atoms with E-state index < -0.39 is 5.91 Å². The number of hydrogen-bond donors (Lipinski definition) is 2. The number of halogens is 2. The Hall–Kier alpha value is -2.41. The first kappa shape index (κ1) is 18.4. The van der Waals surface area contributed by atoms with E-state index in [1.165, 1.54) is 0 Å². The van der Waals surface area contributed by atoms with E-state index in [0.717, 1.165) is 11.1 Å². The molecule has 0 spiro atoms. The Balaban J connectivity index is 2.10. The molecule has 0 unspecified atom stereocenters. The molecule has 0 saturated carbocycles. The molecule has 0 atom stereocenters. The Morgan fingerprint density at radius 3 is 2.58 bits per heavy atom. The fourth-order valence-electron chi connectivity index (χ4n) is 2.34. The molecule has 6 nitrogen and oxygen atoms in total. The zero-order chi connectivity index (χ0) is 18.7. The molecule has 2 N–H and O–H groups in total. The number of hydrogen-bond acceptors (Lipinski definition) is 4. The average Bonchev–Trinajstić information content (AvgIpc) is 3.08. The van der Waals surface area contributed by atoms with Gasteiger partial charge in [0.1, 0.15) is 0 Å². The van der Waals surface area contributed by atoms with Crippen LogP contribution in [0.1, 0.15) is 16.2 Å². The van der Waals surface area contributed by atoms with Crippen LogP contribution < -0.4 is 5.32 Å². The zero-order valence-electron chi connectivity index (χ0n) is 13.9. The van der Waals surface area contributed by atoms with Crippen LogP contribution in [0.25, 0.3) is 17.1 Å². The van der Waals surface area contributed by atoms with E-state index in [1.54, 1.807) is 35.0 Å². The van der Waals surface area contributed by atoms with Crippen LogP contribution >= 0.6 is 23.2 Å². The fourth-order valence-corrected chi connectivity index (χ4v) is 2.64. The van der Waals surface area contributed by atoms with Gasteiger partial charge in [-0.2, -0.15) is 0 Å². The lowest BCUT2D eigenvalue weighted by Crippen LogP contribution is -2.27. The van der Waals surface area contributed by atoms with Gasteiger partial charge >= 0.3 is 0 Å². The highest BCUT2D eigenvalue weighted by molar-refractivity contribution is 6.31. The second-order valence-electron chi connectivity index (χ2n) is 5.59. The normalized spacial score (nSPS) is 10.8. The van der Waals surface area contributed by atoms with Gasteiger partial charge in [0.05, 0.1) is 12.3 Å². The predicted octanol–water partition coefficient (Wildman–Crippen LogP) is 3.27. The molecule has 134 valence electrons. The summed E-state index contributed by atoms with van der Waals surface area (Å²) in [5.41, 5.74) is 2.36. The largest absolute Gasteiger partial charge is 0.395 e. The molecule has 3 aromatic rings. The highest BCUT2D eigenvalue weighted by Gasteiger charge is 2.19. The van der Waals surface area contributed by atoms with E-state index in [2.05, 4.69) is 15.4 Å². The standard InChI is InChI=1S/C18H16Cl2N4O2/c1-11-2-7-14(10-15(11)20)24-17(12-3-5-13(19)6-4-12)22-16(23-24)18(26)21-8-9-25/h2-7,10,25H,8-9H2,1H3,(H,21,26). The van der Waals surface area contributed by atoms with Crippen LogP contribution in [0.4, 0.5) is 0 Å². The summed E-state index contributed by atoms with van der Waals surface area (Å²) in [5, 5.41) is 16.9. The number of aliphatic hydroxyl groups is 1. The first-order chi connectivity index (χ1) is 12.5. The molecular weight excluding hydrogens is 375 g/mol. The summed E-state index contributed by atoms with van der Waals surface area (Å²) in [5.74, 6) is 0.0158. The maximum Gasteiger partial charge on any atom is 0.291 e. The summed E-state index contributed by atoms with van der Waals surface area (Å²) in [6.45, 7) is 1.87. The van der Waals surface area contributed by atoms with Gasteiger partial charge in [-0.15, -0.1) is 5.10 Å². The van der Waals surface area contributed by atoms with Gasteiger partial charge in [0.2, 0.25) is 5.82 Å². The van der Waals surface area contributed by atoms with Crippen molar-refractivity contribution in [1.82, 2.24) is 20.1 Å². The second-order valence-corrected chi connectivity index (χ2v) is 6.43. The zero-order valence-corrected chi connectivity index (χ0v) is 15.4. The van der Waals surface area contributed by atoms with Gasteiger partial charge in [0.25, 0.3) is 5.91 Å². The molecule has 1 amide bonds. The van der Waals surface area contributed by atoms with Crippen LogP contribution in [0.15, 0.2) is 42.5 Å². The molecule has 0 aliphatic rings. The maximum absolute atomic E-state index is 12.2. The van der Waals surface area contributed by atoms with Crippen LogP contribution in [0, 0.1) is 6.92 Å². The first-order valence-corrected chi connectivity index (χ1v) is 8.64. The summed E-state index contributed by atoms with van der Waals surface area (Å²) >= 11 is 12.2. The van der Waals surface area contributed by atoms with E-state index in [4.69, 9.17) is 28.3 Å². The number of nitrogens with one attached hydrogen (secondary N) is 1. The Bertz CT molecular complexity index is 939. The Labute approximate surface area is 160 Å². The lowest BCUT2D eigenvalue weighted by Gasteiger charge is -2.07. The Kier molecular flexibility index (Phi) is 5.56. The lowest BCUT2D eigenvalue weighted by atomic mass is 10.2. The third-order valence-corrected chi connectivity index (χ3v) is 4.37. The average molecular weight is 391 g/mol. The summed E-state index contributed by atoms with van der Waals surface area (Å²) in [4.78, 5) is 16.6. The monoisotopic (exact) mass is 390 g/mol. The first-order valence-electron chi connectivity index (χ1n) is 7.88. The minimum atomic E-state index is -0.466. The van der Waals surface area contributed by atoms with Crippen molar-refractivity contribution in [1.29, 1.82) is 0 Å². The van der Waals surface area contributed by atoms with Crippen molar-refractivity contribution < 1.29 is 9.90 Å². The van der Waals surface area contributed by atoms with Crippen LogP contribution in [0.5, 0.6) is 0 Å². The maximum atomic E-state index is 12.2. The van der Waals surface area contributed by atoms with Crippen LogP contribution in [-0.2, 0) is 0 Å². The molecular formula is C18H16Cl2N4O2. The Morgan fingerprint density at radius 1 is 1.19 bits per heavy atom. The van der Waals surface area contributed by atoms with E-state index >= 15 is 0 Å². The molecule has 2 aromatic carbocycles. The minimum Gasteiger partial charge on any atom is -0.395 e. The van der Waals surface area contributed by atoms with Crippen LogP contribution in [0.3, 0.4) is 0 Å². The van der Waals surface area contributed by atoms with Crippen molar-refractivity contribution in [2.24, 2.45) is 0 Å². The predicted molar refractivity (Wildman–Crippen MR) is 101 cm³/mol. The van der Waals surface area contributed by atoms with E-state index in [9.17, 15) is 4.79 Å². The smallest absolute Gasteiger partial charge is 0.291 e. The number of amides is 1. The summed E-state index contributed by atoms with van der Waals surface area (Å²) in [6.07, 6.45) is 0. The number of carbonyl (C=O) groups excluding carboxylic acids is 1. The summed E-state index contributed by atoms with van der Waals surface area (Å²) in [6, 6.07) is 12.6. The number of rotatable bonds is 5. The third kappa shape index (κ3) is 3.88. The molecule has 0 radical (unpaired) electrons. The van der Waals surface area contributed by atoms with E-state index in [-0.39, 0.29) is 19.0 Å². The molecule has 0 aliphatic carbocycles. The Morgan fingerprint density at radius 2 is 1.92 bits per heavy atom. The molecule has 1 heterocycles. The van der Waals surface area contributed by atoms with Gasteiger partial charge in [-0.1, -0.05) is 29.3 Å². The highest BCUT2D eigenvalue weighted by atomic mass is 35.5. The molecule has 0 aliphatic heterocycles. The third-order valence-electron chi connectivity index (χ3n) is 3.71. The SMILES string of the molecule is Cc1ccc(-n2nc(C(=O)NCCO)nc2-c2ccc(Cl)cc2)cc1Cl. The van der Waals surface area contributed by atoms with Gasteiger partial charge in [-0.05, 0) is 48.9 Å². The van der Waals surface area contributed by atoms with E-state index in [0.29, 0.717) is 21.6 Å².